The fourth-order valence-electron chi connectivity index (χ4n) is 1.90. The molecule has 1 heterocycles. The summed E-state index contributed by atoms with van der Waals surface area (Å²) in [5.41, 5.74) is 3.30. The summed E-state index contributed by atoms with van der Waals surface area (Å²) in [4.78, 5) is 11.0. The van der Waals surface area contributed by atoms with Gasteiger partial charge < -0.3 is 9.67 Å². The lowest BCUT2D eigenvalue weighted by molar-refractivity contribution is 0.0696. The molecule has 2 rings (SSSR count). The first kappa shape index (κ1) is 11.9. The minimum atomic E-state index is -0.921. The number of aromatic carboxylic acids is 1. The van der Waals surface area contributed by atoms with Crippen molar-refractivity contribution in [1.29, 1.82) is 0 Å². The number of carbonyl (C=O) groups is 1. The summed E-state index contributed by atoms with van der Waals surface area (Å²) >= 11 is 3.34. The van der Waals surface area contributed by atoms with Gasteiger partial charge in [0.05, 0.1) is 5.56 Å². The van der Waals surface area contributed by atoms with Gasteiger partial charge in [0.15, 0.2) is 0 Å². The maximum Gasteiger partial charge on any atom is 0.335 e. The van der Waals surface area contributed by atoms with Crippen LogP contribution in [0.1, 0.15) is 21.7 Å². The molecule has 17 heavy (non-hydrogen) atoms. The molecule has 0 aliphatic heterocycles. The number of aryl methyl sites for hydroxylation is 2. The van der Waals surface area contributed by atoms with E-state index in [1.54, 1.807) is 12.1 Å². The van der Waals surface area contributed by atoms with Crippen molar-refractivity contribution in [2.75, 3.05) is 0 Å². The average Bonchev–Trinajstić information content (AvgIpc) is 2.57. The topological polar surface area (TPSA) is 42.2 Å². The van der Waals surface area contributed by atoms with E-state index < -0.39 is 5.97 Å². The molecule has 2 aromatic rings. The van der Waals surface area contributed by atoms with Gasteiger partial charge >= 0.3 is 5.97 Å². The van der Waals surface area contributed by atoms with Gasteiger partial charge in [-0.2, -0.15) is 0 Å². The van der Waals surface area contributed by atoms with Crippen LogP contribution in [-0.4, -0.2) is 15.6 Å². The molecular formula is C13H12BrNO2. The molecule has 88 valence electrons. The maximum absolute atomic E-state index is 11.0. The van der Waals surface area contributed by atoms with Crippen LogP contribution in [0, 0.1) is 13.8 Å². The quantitative estimate of drug-likeness (QED) is 0.920. The lowest BCUT2D eigenvalue weighted by Crippen LogP contribution is -2.02. The van der Waals surface area contributed by atoms with Crippen LogP contribution in [0.25, 0.3) is 5.69 Å². The number of nitrogens with zero attached hydrogens (tertiary/aromatic N) is 1. The van der Waals surface area contributed by atoms with E-state index in [1.807, 2.05) is 36.6 Å². The summed E-state index contributed by atoms with van der Waals surface area (Å²) in [5, 5.41) is 9.04. The van der Waals surface area contributed by atoms with Gasteiger partial charge in [0.2, 0.25) is 0 Å². The number of hydrogen-bond donors (Lipinski definition) is 1. The predicted octanol–water partition coefficient (Wildman–Crippen LogP) is 3.55. The van der Waals surface area contributed by atoms with E-state index in [-0.39, 0.29) is 5.56 Å². The Bertz CT molecular complexity index is 568. The summed E-state index contributed by atoms with van der Waals surface area (Å²) in [6.07, 6.45) is 0. The van der Waals surface area contributed by atoms with Crippen molar-refractivity contribution in [3.8, 4) is 5.69 Å². The molecule has 0 saturated heterocycles. The van der Waals surface area contributed by atoms with E-state index in [2.05, 4.69) is 15.9 Å². The first-order chi connectivity index (χ1) is 7.99. The average molecular weight is 294 g/mol. The number of aromatic nitrogens is 1. The molecule has 0 aliphatic rings. The smallest absolute Gasteiger partial charge is 0.335 e. The second-order valence-electron chi connectivity index (χ2n) is 3.95. The van der Waals surface area contributed by atoms with Crippen molar-refractivity contribution in [2.24, 2.45) is 0 Å². The van der Waals surface area contributed by atoms with Crippen LogP contribution in [-0.2, 0) is 0 Å². The van der Waals surface area contributed by atoms with Crippen molar-refractivity contribution >= 4 is 21.9 Å². The van der Waals surface area contributed by atoms with Gasteiger partial charge in [-0.3, -0.25) is 0 Å². The Labute approximate surface area is 108 Å². The van der Waals surface area contributed by atoms with E-state index in [0.29, 0.717) is 0 Å². The van der Waals surface area contributed by atoms with Crippen LogP contribution in [0.2, 0.25) is 0 Å². The van der Waals surface area contributed by atoms with E-state index in [1.165, 1.54) is 0 Å². The van der Waals surface area contributed by atoms with E-state index >= 15 is 0 Å². The molecule has 0 amide bonds. The van der Waals surface area contributed by atoms with Crippen LogP contribution < -0.4 is 0 Å². The number of carboxylic acid groups (broad SMARTS) is 1. The number of benzene rings is 1. The molecule has 1 aromatic carbocycles. The first-order valence-corrected chi connectivity index (χ1v) is 5.97. The highest BCUT2D eigenvalue weighted by atomic mass is 79.9. The Kier molecular flexibility index (Phi) is 3.07. The molecule has 4 heteroatoms. The maximum atomic E-state index is 11.0. The predicted molar refractivity (Wildman–Crippen MR) is 69.9 cm³/mol. The van der Waals surface area contributed by atoms with Crippen molar-refractivity contribution in [3.63, 3.8) is 0 Å². The monoisotopic (exact) mass is 293 g/mol. The van der Waals surface area contributed by atoms with Gasteiger partial charge in [-0.25, -0.2) is 4.79 Å². The Morgan fingerprint density at radius 2 is 1.76 bits per heavy atom. The van der Waals surface area contributed by atoms with Gasteiger partial charge in [0.1, 0.15) is 0 Å². The largest absolute Gasteiger partial charge is 0.478 e. The zero-order valence-corrected chi connectivity index (χ0v) is 11.2. The normalized spacial score (nSPS) is 10.5. The Balaban J connectivity index is 2.64. The van der Waals surface area contributed by atoms with Crippen LogP contribution in [0.5, 0.6) is 0 Å². The van der Waals surface area contributed by atoms with Gasteiger partial charge in [0.25, 0.3) is 0 Å². The van der Waals surface area contributed by atoms with E-state index in [0.717, 1.165) is 21.5 Å². The third-order valence-electron chi connectivity index (χ3n) is 2.66. The second kappa shape index (κ2) is 4.37. The first-order valence-electron chi connectivity index (χ1n) is 5.18. The van der Waals surface area contributed by atoms with E-state index in [9.17, 15) is 4.79 Å². The van der Waals surface area contributed by atoms with Crippen molar-refractivity contribution in [2.45, 2.75) is 13.8 Å². The molecule has 1 aromatic heterocycles. The van der Waals surface area contributed by atoms with Gasteiger partial charge in [-0.05, 0) is 44.2 Å². The van der Waals surface area contributed by atoms with Crippen LogP contribution >= 0.6 is 15.9 Å². The molecule has 0 aliphatic carbocycles. The lowest BCUT2D eigenvalue weighted by Gasteiger charge is -2.11. The number of hydrogen-bond acceptors (Lipinski definition) is 1. The second-order valence-corrected chi connectivity index (χ2v) is 4.87. The Morgan fingerprint density at radius 1 is 1.18 bits per heavy atom. The summed E-state index contributed by atoms with van der Waals surface area (Å²) < 4.78 is 2.79. The zero-order chi connectivity index (χ0) is 12.6. The molecule has 0 fully saturated rings. The summed E-state index contributed by atoms with van der Waals surface area (Å²) in [5.74, 6) is -0.921. The van der Waals surface area contributed by atoms with Gasteiger partial charge in [-0.1, -0.05) is 15.9 Å². The molecule has 3 nitrogen and oxygen atoms in total. The molecular weight excluding hydrogens is 282 g/mol. The number of halogens is 1. The minimum absolute atomic E-state index is 0.280. The highest BCUT2D eigenvalue weighted by Gasteiger charge is 2.09. The van der Waals surface area contributed by atoms with Crippen LogP contribution in [0.4, 0.5) is 0 Å². The fourth-order valence-corrected chi connectivity index (χ4v) is 2.38. The van der Waals surface area contributed by atoms with E-state index in [4.69, 9.17) is 5.11 Å². The highest BCUT2D eigenvalue weighted by molar-refractivity contribution is 9.10. The Morgan fingerprint density at radius 3 is 2.29 bits per heavy atom. The SMILES string of the molecule is Cc1ccc(C)n1-c1cc(Br)cc(C(=O)O)c1. The lowest BCUT2D eigenvalue weighted by atomic mass is 10.2. The molecule has 0 unspecified atom stereocenters. The summed E-state index contributed by atoms with van der Waals surface area (Å²) in [6.45, 7) is 3.99. The number of carboxylic acids is 1. The Hall–Kier alpha value is -1.55. The number of rotatable bonds is 2. The minimum Gasteiger partial charge on any atom is -0.478 e. The fraction of sp³-hybridized carbons (Fsp3) is 0.154. The molecule has 0 bridgehead atoms. The van der Waals surface area contributed by atoms with Crippen LogP contribution in [0.3, 0.4) is 0 Å². The molecule has 1 N–H and O–H groups in total. The summed E-state index contributed by atoms with van der Waals surface area (Å²) in [7, 11) is 0. The molecule has 0 saturated carbocycles. The molecule has 0 spiro atoms. The highest BCUT2D eigenvalue weighted by Crippen LogP contribution is 2.22. The van der Waals surface area contributed by atoms with Crippen LogP contribution in [0.15, 0.2) is 34.8 Å². The molecule has 0 radical (unpaired) electrons. The molecule has 0 atom stereocenters. The zero-order valence-electron chi connectivity index (χ0n) is 9.57. The third kappa shape index (κ3) is 2.26. The third-order valence-corrected chi connectivity index (χ3v) is 3.12. The van der Waals surface area contributed by atoms with Gasteiger partial charge in [-0.15, -0.1) is 0 Å². The van der Waals surface area contributed by atoms with Crippen molar-refractivity contribution < 1.29 is 9.90 Å². The summed E-state index contributed by atoms with van der Waals surface area (Å²) in [6, 6.07) is 9.20. The van der Waals surface area contributed by atoms with Crippen molar-refractivity contribution in [1.82, 2.24) is 4.57 Å². The van der Waals surface area contributed by atoms with Gasteiger partial charge in [0, 0.05) is 21.5 Å². The standard InChI is InChI=1S/C13H12BrNO2/c1-8-3-4-9(2)15(8)12-6-10(13(16)17)5-11(14)7-12/h3-7H,1-2H3,(H,16,17). The van der Waals surface area contributed by atoms with Crippen molar-refractivity contribution in [3.05, 3.63) is 51.8 Å².